The van der Waals surface area contributed by atoms with Crippen molar-refractivity contribution in [3.05, 3.63) is 0 Å². The summed E-state index contributed by atoms with van der Waals surface area (Å²) in [7, 11) is 0. The van der Waals surface area contributed by atoms with E-state index in [0.717, 1.165) is 0 Å². The number of piperazine rings is 3. The van der Waals surface area contributed by atoms with E-state index in [9.17, 15) is 0 Å². The van der Waals surface area contributed by atoms with E-state index in [-0.39, 0.29) is 0 Å². The lowest BCUT2D eigenvalue weighted by atomic mass is 10.0. The minimum Gasteiger partial charge on any atom is -0.301 e. The zero-order valence-electron chi connectivity index (χ0n) is 17.1. The highest BCUT2D eigenvalue weighted by Crippen LogP contribution is 2.14. The van der Waals surface area contributed by atoms with Gasteiger partial charge >= 0.3 is 0 Å². The molecule has 0 spiro atoms. The Labute approximate surface area is 157 Å². The van der Waals surface area contributed by atoms with Gasteiger partial charge in [-0.3, -0.25) is 9.80 Å². The molecule has 3 saturated heterocycles. The Morgan fingerprint density at radius 3 is 1.56 bits per heavy atom. The Morgan fingerprint density at radius 2 is 1.12 bits per heavy atom. The molecule has 3 aliphatic heterocycles. The summed E-state index contributed by atoms with van der Waals surface area (Å²) in [6.07, 6.45) is 20.9. The summed E-state index contributed by atoms with van der Waals surface area (Å²) in [5.41, 5.74) is 0. The molecule has 0 amide bonds. The molecule has 3 nitrogen and oxygen atoms in total. The third-order valence-electron chi connectivity index (χ3n) is 6.19. The van der Waals surface area contributed by atoms with Crippen LogP contribution in [-0.4, -0.2) is 55.2 Å². The number of nitrogens with one attached hydrogen (secondary N) is 1. The van der Waals surface area contributed by atoms with Crippen LogP contribution in [0.4, 0.5) is 0 Å². The van der Waals surface area contributed by atoms with Gasteiger partial charge in [0.05, 0.1) is 6.17 Å². The van der Waals surface area contributed by atoms with Crippen LogP contribution in [0.2, 0.25) is 0 Å². The van der Waals surface area contributed by atoms with Crippen LogP contribution < -0.4 is 5.32 Å². The first kappa shape index (κ1) is 21.2. The molecule has 1 atom stereocenters. The highest BCUT2D eigenvalue weighted by Gasteiger charge is 2.30. The molecule has 25 heavy (non-hydrogen) atoms. The van der Waals surface area contributed by atoms with Crippen molar-refractivity contribution in [3.8, 4) is 0 Å². The van der Waals surface area contributed by atoms with Gasteiger partial charge in [0.1, 0.15) is 0 Å². The maximum atomic E-state index is 3.78. The Hall–Kier alpha value is -0.120. The topological polar surface area (TPSA) is 18.5 Å². The van der Waals surface area contributed by atoms with E-state index in [1.54, 1.807) is 0 Å². The quantitative estimate of drug-likeness (QED) is 0.394. The number of nitrogens with zero attached hydrogens (tertiary/aromatic N) is 2. The average Bonchev–Trinajstić information content (AvgIpc) is 2.66. The second-order valence-electron chi connectivity index (χ2n) is 8.40. The average molecular weight is 352 g/mol. The molecule has 148 valence electrons. The summed E-state index contributed by atoms with van der Waals surface area (Å²) in [6, 6.07) is 0. The Kier molecular flexibility index (Phi) is 11.9. The molecule has 3 rings (SSSR count). The van der Waals surface area contributed by atoms with Crippen LogP contribution in [0.25, 0.3) is 0 Å². The molecular formula is C22H45N3. The van der Waals surface area contributed by atoms with Crippen LogP contribution in [0.3, 0.4) is 0 Å². The van der Waals surface area contributed by atoms with E-state index in [1.807, 2.05) is 0 Å². The highest BCUT2D eigenvalue weighted by atomic mass is 15.4. The maximum absolute atomic E-state index is 3.78. The lowest BCUT2D eigenvalue weighted by Crippen LogP contribution is -2.65. The highest BCUT2D eigenvalue weighted by molar-refractivity contribution is 4.86. The third kappa shape index (κ3) is 9.40. The van der Waals surface area contributed by atoms with Crippen LogP contribution in [0, 0.1) is 0 Å². The van der Waals surface area contributed by atoms with Gasteiger partial charge in [0, 0.05) is 32.7 Å². The zero-order chi connectivity index (χ0) is 17.6. The molecule has 0 aliphatic carbocycles. The van der Waals surface area contributed by atoms with Gasteiger partial charge in [-0.2, -0.15) is 0 Å². The molecule has 3 heteroatoms. The van der Waals surface area contributed by atoms with Crippen molar-refractivity contribution in [1.82, 2.24) is 15.1 Å². The summed E-state index contributed by atoms with van der Waals surface area (Å²) in [6.45, 7) is 9.89. The van der Waals surface area contributed by atoms with Crippen LogP contribution in [0.15, 0.2) is 0 Å². The van der Waals surface area contributed by atoms with Crippen molar-refractivity contribution >= 4 is 0 Å². The monoisotopic (exact) mass is 351 g/mol. The minimum atomic E-state index is 0.643. The van der Waals surface area contributed by atoms with Gasteiger partial charge in [0.25, 0.3) is 0 Å². The van der Waals surface area contributed by atoms with Gasteiger partial charge in [0.15, 0.2) is 0 Å². The van der Waals surface area contributed by atoms with E-state index in [4.69, 9.17) is 0 Å². The predicted molar refractivity (Wildman–Crippen MR) is 110 cm³/mol. The van der Waals surface area contributed by atoms with Crippen LogP contribution in [0.5, 0.6) is 0 Å². The van der Waals surface area contributed by atoms with Gasteiger partial charge in [0.2, 0.25) is 0 Å². The molecule has 0 aromatic rings. The van der Waals surface area contributed by atoms with E-state index in [0.29, 0.717) is 6.17 Å². The molecule has 1 unspecified atom stereocenters. The SMILES string of the molecule is CCCCCCCCCCCCCCCCNC1CN2CCN1CC2. The molecule has 3 fully saturated rings. The summed E-state index contributed by atoms with van der Waals surface area (Å²) in [5, 5.41) is 3.78. The summed E-state index contributed by atoms with van der Waals surface area (Å²) >= 11 is 0. The van der Waals surface area contributed by atoms with Crippen molar-refractivity contribution in [3.63, 3.8) is 0 Å². The Balaban J connectivity index is 1.26. The Bertz CT molecular complexity index is 300. The van der Waals surface area contributed by atoms with Gasteiger partial charge in [-0.15, -0.1) is 0 Å². The van der Waals surface area contributed by atoms with Gasteiger partial charge in [-0.05, 0) is 13.0 Å². The fourth-order valence-corrected chi connectivity index (χ4v) is 4.40. The summed E-state index contributed by atoms with van der Waals surface area (Å²) in [4.78, 5) is 5.26. The molecule has 3 heterocycles. The molecule has 0 saturated carbocycles. The second kappa shape index (κ2) is 14.0. The fourth-order valence-electron chi connectivity index (χ4n) is 4.40. The third-order valence-corrected chi connectivity index (χ3v) is 6.19. The number of fused-ring (bicyclic) bond motifs is 3. The first-order valence-electron chi connectivity index (χ1n) is 11.6. The van der Waals surface area contributed by atoms with E-state index >= 15 is 0 Å². The van der Waals surface area contributed by atoms with E-state index in [2.05, 4.69) is 22.0 Å². The Morgan fingerprint density at radius 1 is 0.640 bits per heavy atom. The summed E-state index contributed by atoms with van der Waals surface area (Å²) in [5.74, 6) is 0. The normalized spacial score (nSPS) is 25.6. The second-order valence-corrected chi connectivity index (χ2v) is 8.40. The van der Waals surface area contributed by atoms with E-state index < -0.39 is 0 Å². The molecule has 0 aromatic heterocycles. The van der Waals surface area contributed by atoms with Gasteiger partial charge in [-0.1, -0.05) is 90.4 Å². The van der Waals surface area contributed by atoms with Crippen LogP contribution >= 0.6 is 0 Å². The molecule has 3 aliphatic rings. The molecular weight excluding hydrogens is 306 g/mol. The molecule has 0 aromatic carbocycles. The van der Waals surface area contributed by atoms with Gasteiger partial charge in [-0.25, -0.2) is 0 Å². The predicted octanol–water partition coefficient (Wildman–Crippen LogP) is 5.01. The van der Waals surface area contributed by atoms with Crippen molar-refractivity contribution in [2.24, 2.45) is 0 Å². The lowest BCUT2D eigenvalue weighted by Gasteiger charge is -2.47. The van der Waals surface area contributed by atoms with Gasteiger partial charge < -0.3 is 5.32 Å². The molecule has 2 bridgehead atoms. The van der Waals surface area contributed by atoms with Crippen molar-refractivity contribution in [1.29, 1.82) is 0 Å². The largest absolute Gasteiger partial charge is 0.301 e. The standard InChI is InChI=1S/C22H45N3/c1-2-3-4-5-6-7-8-9-10-11-12-13-14-15-16-23-22-21-24-17-19-25(22)20-18-24/h22-23H,2-21H2,1H3. The smallest absolute Gasteiger partial charge is 0.0729 e. The number of hydrogen-bond donors (Lipinski definition) is 1. The van der Waals surface area contributed by atoms with Crippen LogP contribution in [0.1, 0.15) is 96.8 Å². The lowest BCUT2D eigenvalue weighted by molar-refractivity contribution is -0.00149. The van der Waals surface area contributed by atoms with Crippen molar-refractivity contribution < 1.29 is 0 Å². The maximum Gasteiger partial charge on any atom is 0.0729 e. The molecule has 0 radical (unpaired) electrons. The van der Waals surface area contributed by atoms with Crippen LogP contribution in [-0.2, 0) is 0 Å². The van der Waals surface area contributed by atoms with E-state index in [1.165, 1.54) is 129 Å². The van der Waals surface area contributed by atoms with Crippen molar-refractivity contribution in [2.75, 3.05) is 39.3 Å². The number of hydrogen-bond acceptors (Lipinski definition) is 3. The fraction of sp³-hybridized carbons (Fsp3) is 1.00. The first-order chi connectivity index (χ1) is 12.4. The van der Waals surface area contributed by atoms with Crippen molar-refractivity contribution in [2.45, 2.75) is 103 Å². The minimum absolute atomic E-state index is 0.643. The zero-order valence-corrected chi connectivity index (χ0v) is 17.1. The molecule has 1 N–H and O–H groups in total. The number of unbranched alkanes of at least 4 members (excludes halogenated alkanes) is 13. The number of rotatable bonds is 16. The summed E-state index contributed by atoms with van der Waals surface area (Å²) < 4.78 is 0. The first-order valence-corrected chi connectivity index (χ1v) is 11.6.